The Labute approximate surface area is 128 Å². The predicted molar refractivity (Wildman–Crippen MR) is 83.7 cm³/mol. The molecule has 0 unspecified atom stereocenters. The molecule has 110 valence electrons. The molecule has 0 saturated carbocycles. The topological polar surface area (TPSA) is 63.2 Å². The van der Waals surface area contributed by atoms with E-state index in [1.807, 2.05) is 19.1 Å². The van der Waals surface area contributed by atoms with E-state index in [0.717, 1.165) is 11.8 Å². The third-order valence-electron chi connectivity index (χ3n) is 3.00. The summed E-state index contributed by atoms with van der Waals surface area (Å²) in [4.78, 5) is 12.3. The van der Waals surface area contributed by atoms with Crippen molar-refractivity contribution in [2.45, 2.75) is 11.8 Å². The van der Waals surface area contributed by atoms with Crippen LogP contribution in [0.2, 0.25) is 5.02 Å². The summed E-state index contributed by atoms with van der Waals surface area (Å²) in [6.45, 7) is 1.87. The monoisotopic (exact) mass is 323 g/mol. The van der Waals surface area contributed by atoms with E-state index in [4.69, 9.17) is 11.6 Å². The fourth-order valence-electron chi connectivity index (χ4n) is 1.81. The molecule has 1 N–H and O–H groups in total. The number of hydrogen-bond donors (Lipinski definition) is 1. The standard InChI is InChI=1S/C15H14ClNO3S/c1-10-5-3-4-6-14(10)17-15(18)12-9-11(21(2,19)20)7-8-13(12)16/h3-9H,1-2H3,(H,17,18). The van der Waals surface area contributed by atoms with Crippen molar-refractivity contribution in [3.05, 3.63) is 58.6 Å². The van der Waals surface area contributed by atoms with E-state index in [2.05, 4.69) is 5.32 Å². The van der Waals surface area contributed by atoms with Crippen molar-refractivity contribution in [3.63, 3.8) is 0 Å². The fraction of sp³-hybridized carbons (Fsp3) is 0.133. The summed E-state index contributed by atoms with van der Waals surface area (Å²) in [5, 5.41) is 2.93. The molecule has 0 aliphatic rings. The summed E-state index contributed by atoms with van der Waals surface area (Å²) in [6.07, 6.45) is 1.08. The third-order valence-corrected chi connectivity index (χ3v) is 4.44. The maximum Gasteiger partial charge on any atom is 0.257 e. The molecule has 0 radical (unpaired) electrons. The van der Waals surface area contributed by atoms with Crippen LogP contribution in [0.4, 0.5) is 5.69 Å². The number of nitrogens with one attached hydrogen (secondary N) is 1. The van der Waals surface area contributed by atoms with Gasteiger partial charge in [-0.05, 0) is 36.8 Å². The van der Waals surface area contributed by atoms with Crippen molar-refractivity contribution >= 4 is 33.0 Å². The minimum Gasteiger partial charge on any atom is -0.322 e. The molecule has 4 nitrogen and oxygen atoms in total. The van der Waals surface area contributed by atoms with Crippen LogP contribution in [0.25, 0.3) is 0 Å². The number of para-hydroxylation sites is 1. The second-order valence-corrected chi connectivity index (χ2v) is 7.11. The molecule has 2 rings (SSSR count). The van der Waals surface area contributed by atoms with Gasteiger partial charge in [0.15, 0.2) is 9.84 Å². The first-order valence-corrected chi connectivity index (χ1v) is 8.42. The molecule has 0 bridgehead atoms. The maximum absolute atomic E-state index is 12.3. The molecule has 0 aromatic heterocycles. The molecule has 6 heteroatoms. The van der Waals surface area contributed by atoms with E-state index in [1.165, 1.54) is 18.2 Å². The Balaban J connectivity index is 2.38. The highest BCUT2D eigenvalue weighted by Gasteiger charge is 2.16. The molecule has 0 spiro atoms. The molecule has 0 atom stereocenters. The van der Waals surface area contributed by atoms with Gasteiger partial charge in [-0.15, -0.1) is 0 Å². The van der Waals surface area contributed by atoms with Crippen LogP contribution in [0.5, 0.6) is 0 Å². The lowest BCUT2D eigenvalue weighted by molar-refractivity contribution is 0.102. The summed E-state index contributed by atoms with van der Waals surface area (Å²) >= 11 is 5.99. The Kier molecular flexibility index (Phi) is 4.34. The van der Waals surface area contributed by atoms with Gasteiger partial charge in [0.05, 0.1) is 15.5 Å². The van der Waals surface area contributed by atoms with Gasteiger partial charge in [-0.2, -0.15) is 0 Å². The van der Waals surface area contributed by atoms with Gasteiger partial charge in [0.1, 0.15) is 0 Å². The SMILES string of the molecule is Cc1ccccc1NC(=O)c1cc(S(C)(=O)=O)ccc1Cl. The zero-order chi connectivity index (χ0) is 15.6. The van der Waals surface area contributed by atoms with Crippen LogP contribution in [0, 0.1) is 6.92 Å². The number of amides is 1. The van der Waals surface area contributed by atoms with Crippen molar-refractivity contribution in [1.82, 2.24) is 0 Å². The lowest BCUT2D eigenvalue weighted by Gasteiger charge is -2.10. The van der Waals surface area contributed by atoms with Gasteiger partial charge >= 0.3 is 0 Å². The van der Waals surface area contributed by atoms with Gasteiger partial charge in [0.2, 0.25) is 0 Å². The van der Waals surface area contributed by atoms with Crippen molar-refractivity contribution in [3.8, 4) is 0 Å². The van der Waals surface area contributed by atoms with Crippen LogP contribution >= 0.6 is 11.6 Å². The number of sulfone groups is 1. The molecule has 1 amide bonds. The number of carbonyl (C=O) groups excluding carboxylic acids is 1. The summed E-state index contributed by atoms with van der Waals surface area (Å²) in [6, 6.07) is 11.4. The Hall–Kier alpha value is -1.85. The van der Waals surface area contributed by atoms with Gasteiger partial charge in [-0.1, -0.05) is 29.8 Å². The molecule has 0 saturated heterocycles. The molecule has 0 aliphatic carbocycles. The number of hydrogen-bond acceptors (Lipinski definition) is 3. The fourth-order valence-corrected chi connectivity index (χ4v) is 2.66. The molecule has 0 aliphatic heterocycles. The molecule has 2 aromatic carbocycles. The van der Waals surface area contributed by atoms with Gasteiger partial charge in [-0.25, -0.2) is 8.42 Å². The second-order valence-electron chi connectivity index (χ2n) is 4.68. The van der Waals surface area contributed by atoms with Crippen LogP contribution in [-0.2, 0) is 9.84 Å². The molecular weight excluding hydrogens is 310 g/mol. The second kappa shape index (κ2) is 5.87. The molecule has 0 heterocycles. The van der Waals surface area contributed by atoms with E-state index in [9.17, 15) is 13.2 Å². The molecule has 21 heavy (non-hydrogen) atoms. The number of rotatable bonds is 3. The highest BCUT2D eigenvalue weighted by Crippen LogP contribution is 2.22. The zero-order valence-electron chi connectivity index (χ0n) is 11.6. The van der Waals surface area contributed by atoms with E-state index in [-0.39, 0.29) is 15.5 Å². The van der Waals surface area contributed by atoms with Crippen molar-refractivity contribution < 1.29 is 13.2 Å². The van der Waals surface area contributed by atoms with Crippen LogP contribution in [0.15, 0.2) is 47.4 Å². The van der Waals surface area contributed by atoms with Gasteiger partial charge in [0.25, 0.3) is 5.91 Å². The minimum atomic E-state index is -3.40. The molecular formula is C15H14ClNO3S. The lowest BCUT2D eigenvalue weighted by atomic mass is 10.1. The Morgan fingerprint density at radius 3 is 2.43 bits per heavy atom. The van der Waals surface area contributed by atoms with Crippen LogP contribution < -0.4 is 5.32 Å². The maximum atomic E-state index is 12.3. The minimum absolute atomic E-state index is 0.0573. The average Bonchev–Trinajstić information content (AvgIpc) is 2.40. The number of benzene rings is 2. The first-order valence-electron chi connectivity index (χ1n) is 6.15. The Morgan fingerprint density at radius 1 is 1.14 bits per heavy atom. The average molecular weight is 324 g/mol. The van der Waals surface area contributed by atoms with E-state index in [0.29, 0.717) is 5.69 Å². The number of halogens is 1. The summed E-state index contributed by atoms with van der Waals surface area (Å²) in [5.74, 6) is -0.445. The summed E-state index contributed by atoms with van der Waals surface area (Å²) in [5.41, 5.74) is 1.69. The van der Waals surface area contributed by atoms with Crippen LogP contribution in [-0.4, -0.2) is 20.6 Å². The third kappa shape index (κ3) is 3.62. The Morgan fingerprint density at radius 2 is 1.81 bits per heavy atom. The van der Waals surface area contributed by atoms with E-state index in [1.54, 1.807) is 12.1 Å². The summed E-state index contributed by atoms with van der Waals surface area (Å²) < 4.78 is 23.1. The van der Waals surface area contributed by atoms with Gasteiger partial charge in [-0.3, -0.25) is 4.79 Å². The van der Waals surface area contributed by atoms with Gasteiger partial charge < -0.3 is 5.32 Å². The predicted octanol–water partition coefficient (Wildman–Crippen LogP) is 3.30. The van der Waals surface area contributed by atoms with Crippen molar-refractivity contribution in [2.24, 2.45) is 0 Å². The molecule has 2 aromatic rings. The number of anilines is 1. The van der Waals surface area contributed by atoms with Gasteiger partial charge in [0, 0.05) is 11.9 Å². The van der Waals surface area contributed by atoms with E-state index < -0.39 is 15.7 Å². The summed E-state index contributed by atoms with van der Waals surface area (Å²) in [7, 11) is -3.40. The quantitative estimate of drug-likeness (QED) is 0.942. The number of carbonyl (C=O) groups is 1. The highest BCUT2D eigenvalue weighted by atomic mass is 35.5. The van der Waals surface area contributed by atoms with Crippen molar-refractivity contribution in [2.75, 3.05) is 11.6 Å². The normalized spacial score (nSPS) is 11.2. The first kappa shape index (κ1) is 15.5. The molecule has 0 fully saturated rings. The Bertz CT molecular complexity index is 800. The van der Waals surface area contributed by atoms with Crippen molar-refractivity contribution in [1.29, 1.82) is 0 Å². The lowest BCUT2D eigenvalue weighted by Crippen LogP contribution is -2.14. The van der Waals surface area contributed by atoms with E-state index >= 15 is 0 Å². The smallest absolute Gasteiger partial charge is 0.257 e. The first-order chi connectivity index (χ1) is 9.79. The van der Waals surface area contributed by atoms with Crippen LogP contribution in [0.3, 0.4) is 0 Å². The largest absolute Gasteiger partial charge is 0.322 e. The van der Waals surface area contributed by atoms with Crippen LogP contribution in [0.1, 0.15) is 15.9 Å². The zero-order valence-corrected chi connectivity index (χ0v) is 13.1. The number of aryl methyl sites for hydroxylation is 1. The highest BCUT2D eigenvalue weighted by molar-refractivity contribution is 7.90.